The predicted molar refractivity (Wildman–Crippen MR) is 89.7 cm³/mol. The number of Topliss-reactive ketones (excluding diaryl/α,β-unsaturated/α-hetero) is 1. The molecule has 0 aliphatic heterocycles. The van der Waals surface area contributed by atoms with Crippen LogP contribution < -0.4 is 0 Å². The molecule has 0 bridgehead atoms. The second-order valence-electron chi connectivity index (χ2n) is 8.58. The first-order chi connectivity index (χ1) is 10.4. The second-order valence-corrected chi connectivity index (χ2v) is 9.76. The molecule has 3 saturated carbocycles. The molecular weight excluding hydrogens is 340 g/mol. The van der Waals surface area contributed by atoms with Gasteiger partial charge in [0.2, 0.25) is 0 Å². The van der Waals surface area contributed by atoms with Crippen LogP contribution in [-0.2, 0) is 9.59 Å². The molecule has 0 aromatic carbocycles. The molecule has 4 aliphatic carbocycles. The molecule has 2 nitrogen and oxygen atoms in total. The zero-order chi connectivity index (χ0) is 15.7. The summed E-state index contributed by atoms with van der Waals surface area (Å²) in [4.78, 5) is 24.7. The average Bonchev–Trinajstić information content (AvgIpc) is 2.77. The third-order valence-electron chi connectivity index (χ3n) is 7.72. The van der Waals surface area contributed by atoms with Crippen LogP contribution in [-0.4, -0.2) is 16.4 Å². The standard InChI is InChI=1S/C19H25BrO2/c1-18-7-5-11(21)9-15(18)16(20)10-12-13-3-4-17(22)19(13,2)8-6-14(12)18/h3-4,12-16H,5-10H2,1-2H3/t12-,13-,14-,15?,16?,18+,19-/m0/s1. The number of halogens is 1. The molecule has 2 unspecified atom stereocenters. The molecule has 120 valence electrons. The molecule has 7 atom stereocenters. The van der Waals surface area contributed by atoms with E-state index >= 15 is 0 Å². The number of carbonyl (C=O) groups excluding carboxylic acids is 2. The number of allylic oxidation sites excluding steroid dienone is 2. The van der Waals surface area contributed by atoms with E-state index in [-0.39, 0.29) is 10.8 Å². The molecular formula is C19H25BrO2. The van der Waals surface area contributed by atoms with Gasteiger partial charge < -0.3 is 0 Å². The Bertz CT molecular complexity index is 568. The highest BCUT2D eigenvalue weighted by Crippen LogP contribution is 2.65. The fraction of sp³-hybridized carbons (Fsp3) is 0.789. The lowest BCUT2D eigenvalue weighted by Crippen LogP contribution is -2.56. The van der Waals surface area contributed by atoms with E-state index in [9.17, 15) is 9.59 Å². The van der Waals surface area contributed by atoms with Crippen molar-refractivity contribution in [3.05, 3.63) is 12.2 Å². The van der Waals surface area contributed by atoms with Gasteiger partial charge in [0.25, 0.3) is 0 Å². The molecule has 0 saturated heterocycles. The lowest BCUT2D eigenvalue weighted by molar-refractivity contribution is -0.141. The molecule has 0 amide bonds. The minimum absolute atomic E-state index is 0.151. The van der Waals surface area contributed by atoms with Crippen LogP contribution in [0.2, 0.25) is 0 Å². The first kappa shape index (κ1) is 15.1. The first-order valence-corrected chi connectivity index (χ1v) is 9.66. The van der Waals surface area contributed by atoms with Gasteiger partial charge >= 0.3 is 0 Å². The van der Waals surface area contributed by atoms with Crippen molar-refractivity contribution in [1.29, 1.82) is 0 Å². The molecule has 0 N–H and O–H groups in total. The van der Waals surface area contributed by atoms with Gasteiger partial charge in [0, 0.05) is 23.1 Å². The van der Waals surface area contributed by atoms with E-state index in [0.717, 1.165) is 38.5 Å². The molecule has 0 aromatic heterocycles. The predicted octanol–water partition coefficient (Wildman–Crippen LogP) is 4.32. The Hall–Kier alpha value is -0.440. The SMILES string of the molecule is C[C@]12CCC(=O)CC1C(Br)C[C@@H]1[C@@H]2CC[C@]2(C)C(=O)C=C[C@@H]12. The number of carbonyl (C=O) groups is 2. The lowest BCUT2D eigenvalue weighted by atomic mass is 9.45. The van der Waals surface area contributed by atoms with E-state index in [1.807, 2.05) is 6.08 Å². The fourth-order valence-corrected chi connectivity index (χ4v) is 7.54. The van der Waals surface area contributed by atoms with E-state index in [0.29, 0.717) is 40.1 Å². The Morgan fingerprint density at radius 3 is 2.73 bits per heavy atom. The van der Waals surface area contributed by atoms with Crippen molar-refractivity contribution in [1.82, 2.24) is 0 Å². The molecule has 22 heavy (non-hydrogen) atoms. The van der Waals surface area contributed by atoms with Gasteiger partial charge in [-0.25, -0.2) is 0 Å². The summed E-state index contributed by atoms with van der Waals surface area (Å²) in [6.07, 6.45) is 9.90. The highest BCUT2D eigenvalue weighted by molar-refractivity contribution is 9.09. The first-order valence-electron chi connectivity index (χ1n) is 8.75. The Kier molecular flexibility index (Phi) is 3.28. The van der Waals surface area contributed by atoms with Crippen molar-refractivity contribution in [2.24, 2.45) is 34.5 Å². The Morgan fingerprint density at radius 1 is 1.18 bits per heavy atom. The van der Waals surface area contributed by atoms with Crippen molar-refractivity contribution in [3.63, 3.8) is 0 Å². The number of rotatable bonds is 0. The third-order valence-corrected chi connectivity index (χ3v) is 8.74. The molecule has 4 rings (SSSR count). The van der Waals surface area contributed by atoms with Crippen LogP contribution in [0.1, 0.15) is 52.4 Å². The normalized spacial score (nSPS) is 53.9. The van der Waals surface area contributed by atoms with Crippen molar-refractivity contribution in [2.75, 3.05) is 0 Å². The zero-order valence-electron chi connectivity index (χ0n) is 13.5. The van der Waals surface area contributed by atoms with Gasteiger partial charge in [0.1, 0.15) is 5.78 Å². The minimum Gasteiger partial charge on any atom is -0.300 e. The number of alkyl halides is 1. The van der Waals surface area contributed by atoms with E-state index in [2.05, 4.69) is 35.9 Å². The Morgan fingerprint density at radius 2 is 1.95 bits per heavy atom. The van der Waals surface area contributed by atoms with E-state index < -0.39 is 0 Å². The molecule has 0 spiro atoms. The van der Waals surface area contributed by atoms with Crippen LogP contribution in [0.15, 0.2) is 12.2 Å². The second kappa shape index (κ2) is 4.78. The molecule has 4 aliphatic rings. The van der Waals surface area contributed by atoms with E-state index in [4.69, 9.17) is 0 Å². The van der Waals surface area contributed by atoms with Gasteiger partial charge in [0.05, 0.1) is 0 Å². The summed E-state index contributed by atoms with van der Waals surface area (Å²) in [7, 11) is 0. The van der Waals surface area contributed by atoms with Gasteiger partial charge in [0.15, 0.2) is 5.78 Å². The van der Waals surface area contributed by atoms with Crippen LogP contribution in [0.3, 0.4) is 0 Å². The van der Waals surface area contributed by atoms with Crippen molar-refractivity contribution >= 4 is 27.5 Å². The number of fused-ring (bicyclic) bond motifs is 5. The van der Waals surface area contributed by atoms with Gasteiger partial charge in [-0.2, -0.15) is 0 Å². The van der Waals surface area contributed by atoms with Gasteiger partial charge in [-0.15, -0.1) is 0 Å². The molecule has 0 aromatic rings. The summed E-state index contributed by atoms with van der Waals surface area (Å²) >= 11 is 3.92. The van der Waals surface area contributed by atoms with Crippen LogP contribution in [0.25, 0.3) is 0 Å². The molecule has 0 radical (unpaired) electrons. The number of ketones is 2. The van der Waals surface area contributed by atoms with Gasteiger partial charge in [-0.3, -0.25) is 9.59 Å². The van der Waals surface area contributed by atoms with Crippen molar-refractivity contribution in [3.8, 4) is 0 Å². The summed E-state index contributed by atoms with van der Waals surface area (Å²) in [6.45, 7) is 4.61. The van der Waals surface area contributed by atoms with Crippen LogP contribution >= 0.6 is 15.9 Å². The smallest absolute Gasteiger partial charge is 0.161 e. The summed E-state index contributed by atoms with van der Waals surface area (Å²) in [5, 5.41) is 0. The lowest BCUT2D eigenvalue weighted by Gasteiger charge is -2.60. The van der Waals surface area contributed by atoms with Crippen LogP contribution in [0.5, 0.6) is 0 Å². The summed E-state index contributed by atoms with van der Waals surface area (Å²) in [5.41, 5.74) is 0.118. The van der Waals surface area contributed by atoms with Crippen molar-refractivity contribution < 1.29 is 9.59 Å². The molecule has 0 heterocycles. The third kappa shape index (κ3) is 1.84. The monoisotopic (exact) mass is 364 g/mol. The maximum atomic E-state index is 12.3. The van der Waals surface area contributed by atoms with Crippen LogP contribution in [0.4, 0.5) is 0 Å². The number of hydrogen-bond donors (Lipinski definition) is 0. The maximum Gasteiger partial charge on any atom is 0.161 e. The maximum absolute atomic E-state index is 12.3. The minimum atomic E-state index is -0.151. The fourth-order valence-electron chi connectivity index (χ4n) is 6.31. The van der Waals surface area contributed by atoms with Gasteiger partial charge in [-0.1, -0.05) is 35.9 Å². The summed E-state index contributed by atoms with van der Waals surface area (Å²) in [5.74, 6) is 2.96. The molecule has 3 fully saturated rings. The molecule has 3 heteroatoms. The zero-order valence-corrected chi connectivity index (χ0v) is 15.1. The summed E-state index contributed by atoms with van der Waals surface area (Å²) < 4.78 is 0. The number of hydrogen-bond acceptors (Lipinski definition) is 2. The largest absolute Gasteiger partial charge is 0.300 e. The highest BCUT2D eigenvalue weighted by Gasteiger charge is 2.60. The Labute approximate surface area is 141 Å². The van der Waals surface area contributed by atoms with E-state index in [1.54, 1.807) is 0 Å². The quantitative estimate of drug-likeness (QED) is 0.600. The van der Waals surface area contributed by atoms with Gasteiger partial charge in [-0.05, 0) is 60.8 Å². The Balaban J connectivity index is 1.71. The van der Waals surface area contributed by atoms with E-state index in [1.165, 1.54) is 0 Å². The van der Waals surface area contributed by atoms with Crippen LogP contribution in [0, 0.1) is 34.5 Å². The average molecular weight is 365 g/mol. The van der Waals surface area contributed by atoms with Crippen molar-refractivity contribution in [2.45, 2.75) is 57.2 Å². The topological polar surface area (TPSA) is 34.1 Å². The summed E-state index contributed by atoms with van der Waals surface area (Å²) in [6, 6.07) is 0. The highest BCUT2D eigenvalue weighted by atomic mass is 79.9.